The van der Waals surface area contributed by atoms with Gasteiger partial charge in [-0.2, -0.15) is 0 Å². The summed E-state index contributed by atoms with van der Waals surface area (Å²) >= 11 is 0. The quantitative estimate of drug-likeness (QED) is 0.744. The first kappa shape index (κ1) is 11.8. The zero-order valence-electron chi connectivity index (χ0n) is 10.4. The zero-order chi connectivity index (χ0) is 12.3. The van der Waals surface area contributed by atoms with Crippen LogP contribution in [0.25, 0.3) is 10.9 Å². The second-order valence-electron chi connectivity index (χ2n) is 4.35. The van der Waals surface area contributed by atoms with Crippen molar-refractivity contribution in [3.8, 4) is 0 Å². The molecule has 2 nitrogen and oxygen atoms in total. The van der Waals surface area contributed by atoms with E-state index in [-0.39, 0.29) is 5.78 Å². The van der Waals surface area contributed by atoms with Crippen molar-refractivity contribution in [1.82, 2.24) is 4.98 Å². The van der Waals surface area contributed by atoms with E-state index < -0.39 is 0 Å². The van der Waals surface area contributed by atoms with E-state index in [4.69, 9.17) is 0 Å². The third-order valence-electron chi connectivity index (χ3n) is 2.94. The minimum atomic E-state index is 0.0573. The van der Waals surface area contributed by atoms with Crippen molar-refractivity contribution in [2.75, 3.05) is 0 Å². The number of para-hydroxylation sites is 1. The number of benzene rings is 1. The maximum absolute atomic E-state index is 11.6. The van der Waals surface area contributed by atoms with E-state index in [0.29, 0.717) is 5.69 Å². The van der Waals surface area contributed by atoms with Gasteiger partial charge >= 0.3 is 0 Å². The van der Waals surface area contributed by atoms with Crippen LogP contribution in [-0.4, -0.2) is 10.8 Å². The fourth-order valence-electron chi connectivity index (χ4n) is 2.02. The molecule has 0 saturated carbocycles. The third kappa shape index (κ3) is 2.52. The SMILES string of the molecule is CCCCc1cc2ccccc2nc1C(C)=O. The molecule has 0 fully saturated rings. The molecule has 17 heavy (non-hydrogen) atoms. The third-order valence-corrected chi connectivity index (χ3v) is 2.94. The summed E-state index contributed by atoms with van der Waals surface area (Å²) in [6, 6.07) is 10.0. The molecule has 0 aliphatic rings. The van der Waals surface area contributed by atoms with E-state index in [9.17, 15) is 4.79 Å². The van der Waals surface area contributed by atoms with Crippen LogP contribution in [0.5, 0.6) is 0 Å². The Morgan fingerprint density at radius 1 is 1.29 bits per heavy atom. The summed E-state index contributed by atoms with van der Waals surface area (Å²) in [6.45, 7) is 3.74. The Morgan fingerprint density at radius 2 is 2.06 bits per heavy atom. The standard InChI is InChI=1S/C15H17NO/c1-3-4-7-13-10-12-8-5-6-9-14(12)16-15(13)11(2)17/h5-6,8-10H,3-4,7H2,1-2H3. The Balaban J connectivity index is 2.54. The van der Waals surface area contributed by atoms with Crippen molar-refractivity contribution in [3.05, 3.63) is 41.6 Å². The maximum atomic E-state index is 11.6. The molecule has 1 aromatic heterocycles. The van der Waals surface area contributed by atoms with Crippen molar-refractivity contribution < 1.29 is 4.79 Å². The molecule has 0 atom stereocenters. The summed E-state index contributed by atoms with van der Waals surface area (Å²) in [5.41, 5.74) is 2.62. The monoisotopic (exact) mass is 227 g/mol. The molecule has 2 heteroatoms. The van der Waals surface area contributed by atoms with Crippen LogP contribution in [0.2, 0.25) is 0 Å². The summed E-state index contributed by atoms with van der Waals surface area (Å²) in [7, 11) is 0. The number of ketones is 1. The molecule has 88 valence electrons. The summed E-state index contributed by atoms with van der Waals surface area (Å²) in [5.74, 6) is 0.0573. The minimum Gasteiger partial charge on any atom is -0.293 e. The molecule has 0 aliphatic carbocycles. The van der Waals surface area contributed by atoms with E-state index in [1.54, 1.807) is 6.92 Å². The molecule has 0 spiro atoms. The van der Waals surface area contributed by atoms with Gasteiger partial charge in [0.1, 0.15) is 5.69 Å². The maximum Gasteiger partial charge on any atom is 0.178 e. The lowest BCUT2D eigenvalue weighted by atomic mass is 10.0. The van der Waals surface area contributed by atoms with E-state index in [0.717, 1.165) is 35.7 Å². The van der Waals surface area contributed by atoms with Gasteiger partial charge in [-0.1, -0.05) is 31.5 Å². The summed E-state index contributed by atoms with van der Waals surface area (Å²) in [5, 5.41) is 1.11. The van der Waals surface area contributed by atoms with Crippen molar-refractivity contribution in [2.24, 2.45) is 0 Å². The molecule has 0 aliphatic heterocycles. The van der Waals surface area contributed by atoms with Crippen molar-refractivity contribution >= 4 is 16.7 Å². The van der Waals surface area contributed by atoms with Crippen LogP contribution in [-0.2, 0) is 6.42 Å². The number of Topliss-reactive ketones (excluding diaryl/α,β-unsaturated/α-hetero) is 1. The number of nitrogens with zero attached hydrogens (tertiary/aromatic N) is 1. The van der Waals surface area contributed by atoms with Crippen LogP contribution in [0.1, 0.15) is 42.7 Å². The van der Waals surface area contributed by atoms with Crippen molar-refractivity contribution in [2.45, 2.75) is 33.1 Å². The second-order valence-corrected chi connectivity index (χ2v) is 4.35. The average molecular weight is 227 g/mol. The van der Waals surface area contributed by atoms with Crippen LogP contribution in [0.15, 0.2) is 30.3 Å². The van der Waals surface area contributed by atoms with Crippen LogP contribution < -0.4 is 0 Å². The largest absolute Gasteiger partial charge is 0.293 e. The fraction of sp³-hybridized carbons (Fsp3) is 0.333. The average Bonchev–Trinajstić information content (AvgIpc) is 2.35. The number of hydrogen-bond acceptors (Lipinski definition) is 2. The number of hydrogen-bond donors (Lipinski definition) is 0. The van der Waals surface area contributed by atoms with Gasteiger partial charge in [0.15, 0.2) is 5.78 Å². The lowest BCUT2D eigenvalue weighted by molar-refractivity contribution is 0.101. The molecule has 1 aromatic carbocycles. The zero-order valence-corrected chi connectivity index (χ0v) is 10.4. The molecule has 0 N–H and O–H groups in total. The van der Waals surface area contributed by atoms with Crippen molar-refractivity contribution in [1.29, 1.82) is 0 Å². The summed E-state index contributed by atoms with van der Waals surface area (Å²) < 4.78 is 0. The molecule has 2 rings (SSSR count). The molecule has 0 saturated heterocycles. The Morgan fingerprint density at radius 3 is 2.76 bits per heavy atom. The first-order valence-corrected chi connectivity index (χ1v) is 6.12. The number of carbonyl (C=O) groups excluding carboxylic acids is 1. The molecular weight excluding hydrogens is 210 g/mol. The number of carbonyl (C=O) groups is 1. The number of unbranched alkanes of at least 4 members (excludes halogenated alkanes) is 1. The summed E-state index contributed by atoms with van der Waals surface area (Å²) in [6.07, 6.45) is 3.16. The van der Waals surface area contributed by atoms with Gasteiger partial charge in [0, 0.05) is 12.3 Å². The topological polar surface area (TPSA) is 30.0 Å². The van der Waals surface area contributed by atoms with Crippen LogP contribution in [0.4, 0.5) is 0 Å². The Labute approximate surface area is 102 Å². The van der Waals surface area contributed by atoms with Gasteiger partial charge in [-0.25, -0.2) is 4.98 Å². The highest BCUT2D eigenvalue weighted by Gasteiger charge is 2.10. The number of pyridine rings is 1. The minimum absolute atomic E-state index is 0.0573. The Hall–Kier alpha value is -1.70. The van der Waals surface area contributed by atoms with Crippen LogP contribution in [0.3, 0.4) is 0 Å². The van der Waals surface area contributed by atoms with E-state index in [1.165, 1.54) is 0 Å². The number of aryl methyl sites for hydroxylation is 1. The smallest absolute Gasteiger partial charge is 0.178 e. The molecule has 0 radical (unpaired) electrons. The van der Waals surface area contributed by atoms with Gasteiger partial charge in [0.2, 0.25) is 0 Å². The van der Waals surface area contributed by atoms with E-state index in [2.05, 4.69) is 18.0 Å². The highest BCUT2D eigenvalue weighted by molar-refractivity contribution is 5.96. The van der Waals surface area contributed by atoms with E-state index >= 15 is 0 Å². The van der Waals surface area contributed by atoms with Crippen LogP contribution >= 0.6 is 0 Å². The predicted octanol–water partition coefficient (Wildman–Crippen LogP) is 3.78. The van der Waals surface area contributed by atoms with Gasteiger partial charge in [0.05, 0.1) is 5.52 Å². The molecule has 0 unspecified atom stereocenters. The number of aromatic nitrogens is 1. The normalized spacial score (nSPS) is 10.7. The van der Waals surface area contributed by atoms with Gasteiger partial charge in [-0.3, -0.25) is 4.79 Å². The van der Waals surface area contributed by atoms with Gasteiger partial charge < -0.3 is 0 Å². The molecule has 2 aromatic rings. The van der Waals surface area contributed by atoms with Gasteiger partial charge in [-0.15, -0.1) is 0 Å². The number of rotatable bonds is 4. The molecular formula is C15H17NO. The molecule has 0 bridgehead atoms. The highest BCUT2D eigenvalue weighted by atomic mass is 16.1. The van der Waals surface area contributed by atoms with Crippen molar-refractivity contribution in [3.63, 3.8) is 0 Å². The van der Waals surface area contributed by atoms with E-state index in [1.807, 2.05) is 24.3 Å². The lowest BCUT2D eigenvalue weighted by Crippen LogP contribution is -2.03. The lowest BCUT2D eigenvalue weighted by Gasteiger charge is -2.07. The summed E-state index contributed by atoms with van der Waals surface area (Å²) in [4.78, 5) is 16.1. The van der Waals surface area contributed by atoms with Gasteiger partial charge in [0.25, 0.3) is 0 Å². The first-order valence-electron chi connectivity index (χ1n) is 6.12. The van der Waals surface area contributed by atoms with Crippen LogP contribution in [0, 0.1) is 0 Å². The fourth-order valence-corrected chi connectivity index (χ4v) is 2.02. The molecule has 0 amide bonds. The molecule has 1 heterocycles. The van der Waals surface area contributed by atoms with Gasteiger partial charge in [-0.05, 0) is 30.5 Å². The predicted molar refractivity (Wildman–Crippen MR) is 70.4 cm³/mol. The second kappa shape index (κ2) is 5.09. The highest BCUT2D eigenvalue weighted by Crippen LogP contribution is 2.18. The Bertz CT molecular complexity index is 546. The first-order chi connectivity index (χ1) is 8.22. The Kier molecular flexibility index (Phi) is 3.52. The number of fused-ring (bicyclic) bond motifs is 1.